The summed E-state index contributed by atoms with van der Waals surface area (Å²) in [5.41, 5.74) is 4.97. The van der Waals surface area contributed by atoms with E-state index in [1.807, 2.05) is 0 Å². The molecule has 7 nitrogen and oxygen atoms in total. The minimum absolute atomic E-state index is 0.0710. The van der Waals surface area contributed by atoms with Crippen LogP contribution in [-0.4, -0.2) is 28.6 Å². The molecule has 1 aromatic carbocycles. The quantitative estimate of drug-likeness (QED) is 0.560. The largest absolute Gasteiger partial charge is 0.479 e. The minimum atomic E-state index is -1.20. The van der Waals surface area contributed by atoms with Crippen LogP contribution in [0.3, 0.4) is 0 Å². The van der Waals surface area contributed by atoms with Gasteiger partial charge in [0.25, 0.3) is 0 Å². The lowest BCUT2D eigenvalue weighted by atomic mass is 10.2. The predicted octanol–water partition coefficient (Wildman–Crippen LogP) is 0.776. The first-order valence-electron chi connectivity index (χ1n) is 4.89. The topological polar surface area (TPSA) is 116 Å². The van der Waals surface area contributed by atoms with Crippen molar-refractivity contribution in [2.45, 2.75) is 12.5 Å². The molecule has 1 aromatic rings. The number of para-hydroxylation sites is 2. The highest BCUT2D eigenvalue weighted by atomic mass is 16.6. The molecule has 7 heteroatoms. The molecule has 0 fully saturated rings. The lowest BCUT2D eigenvalue weighted by molar-refractivity contribution is -0.386. The fourth-order valence-corrected chi connectivity index (χ4v) is 1.25. The molecule has 3 N–H and O–H groups in total. The first kappa shape index (κ1) is 12.9. The number of carboxylic acid groups (broad SMARTS) is 1. The summed E-state index contributed by atoms with van der Waals surface area (Å²) in [5, 5.41) is 19.5. The average Bonchev–Trinajstić information content (AvgIpc) is 2.28. The van der Waals surface area contributed by atoms with Gasteiger partial charge in [0, 0.05) is 12.5 Å². The number of nitro groups is 1. The van der Waals surface area contributed by atoms with Crippen LogP contribution in [-0.2, 0) is 4.79 Å². The molecule has 1 unspecified atom stereocenters. The van der Waals surface area contributed by atoms with E-state index < -0.39 is 17.0 Å². The van der Waals surface area contributed by atoms with E-state index in [2.05, 4.69) is 0 Å². The van der Waals surface area contributed by atoms with Crippen LogP contribution in [0.2, 0.25) is 0 Å². The van der Waals surface area contributed by atoms with Crippen molar-refractivity contribution in [3.05, 3.63) is 34.4 Å². The Labute approximate surface area is 97.0 Å². The van der Waals surface area contributed by atoms with Gasteiger partial charge in [-0.05, 0) is 12.6 Å². The van der Waals surface area contributed by atoms with Crippen LogP contribution in [0.4, 0.5) is 5.69 Å². The van der Waals surface area contributed by atoms with E-state index in [4.69, 9.17) is 15.6 Å². The maximum absolute atomic E-state index is 10.8. The Morgan fingerprint density at radius 1 is 1.53 bits per heavy atom. The zero-order valence-electron chi connectivity index (χ0n) is 8.91. The van der Waals surface area contributed by atoms with E-state index >= 15 is 0 Å². The van der Waals surface area contributed by atoms with Crippen LogP contribution in [0.1, 0.15) is 6.42 Å². The second kappa shape index (κ2) is 5.80. The van der Waals surface area contributed by atoms with E-state index in [9.17, 15) is 14.9 Å². The highest BCUT2D eigenvalue weighted by molar-refractivity contribution is 5.73. The second-order valence-electron chi connectivity index (χ2n) is 3.25. The summed E-state index contributed by atoms with van der Waals surface area (Å²) in [6.07, 6.45) is -1.09. The van der Waals surface area contributed by atoms with Gasteiger partial charge in [0.1, 0.15) is 0 Å². The first-order chi connectivity index (χ1) is 8.06. The second-order valence-corrected chi connectivity index (χ2v) is 3.25. The summed E-state index contributed by atoms with van der Waals surface area (Å²) in [5.74, 6) is -1.27. The molecule has 0 aromatic heterocycles. The third kappa shape index (κ3) is 3.42. The summed E-state index contributed by atoms with van der Waals surface area (Å²) in [6.45, 7) is 0.123. The molecule has 0 aliphatic heterocycles. The fraction of sp³-hybridized carbons (Fsp3) is 0.300. The lowest BCUT2D eigenvalue weighted by Gasteiger charge is -2.13. The Hall–Kier alpha value is -2.15. The third-order valence-corrected chi connectivity index (χ3v) is 2.04. The molecule has 1 atom stereocenters. The van der Waals surface area contributed by atoms with Gasteiger partial charge in [0.05, 0.1) is 4.92 Å². The Morgan fingerprint density at radius 3 is 2.71 bits per heavy atom. The van der Waals surface area contributed by atoms with Crippen molar-refractivity contribution < 1.29 is 19.6 Å². The number of ether oxygens (including phenoxy) is 1. The number of nitrogens with two attached hydrogens (primary N) is 1. The van der Waals surface area contributed by atoms with Crippen molar-refractivity contribution >= 4 is 11.7 Å². The number of hydrogen-bond donors (Lipinski definition) is 2. The standard InChI is InChI=1S/C10H12N2O5/c11-6-5-9(10(13)14)17-8-4-2-1-3-7(8)12(15)16/h1-4,9H,5-6,11H2,(H,13,14). The molecule has 0 saturated carbocycles. The van der Waals surface area contributed by atoms with Gasteiger partial charge in [-0.15, -0.1) is 0 Å². The summed E-state index contributed by atoms with van der Waals surface area (Å²) in [7, 11) is 0. The molecule has 0 saturated heterocycles. The summed E-state index contributed by atoms with van der Waals surface area (Å²) >= 11 is 0. The van der Waals surface area contributed by atoms with Crippen LogP contribution in [0.5, 0.6) is 5.75 Å². The molecule has 0 aliphatic carbocycles. The van der Waals surface area contributed by atoms with Gasteiger partial charge in [-0.2, -0.15) is 0 Å². The number of benzene rings is 1. The van der Waals surface area contributed by atoms with Gasteiger partial charge in [0.15, 0.2) is 11.9 Å². The van der Waals surface area contributed by atoms with Gasteiger partial charge in [-0.3, -0.25) is 10.1 Å². The first-order valence-corrected chi connectivity index (χ1v) is 4.89. The number of hydrogen-bond acceptors (Lipinski definition) is 5. The van der Waals surface area contributed by atoms with Gasteiger partial charge in [-0.25, -0.2) is 4.79 Å². The van der Waals surface area contributed by atoms with Crippen molar-refractivity contribution in [3.8, 4) is 5.75 Å². The van der Waals surface area contributed by atoms with Crippen LogP contribution in [0.15, 0.2) is 24.3 Å². The molecular weight excluding hydrogens is 228 g/mol. The molecule has 1 rings (SSSR count). The summed E-state index contributed by atoms with van der Waals surface area (Å²) < 4.78 is 5.09. The summed E-state index contributed by atoms with van der Waals surface area (Å²) in [4.78, 5) is 20.9. The van der Waals surface area contributed by atoms with Gasteiger partial charge < -0.3 is 15.6 Å². The fourth-order valence-electron chi connectivity index (χ4n) is 1.25. The van der Waals surface area contributed by atoms with Gasteiger partial charge in [0.2, 0.25) is 0 Å². The average molecular weight is 240 g/mol. The van der Waals surface area contributed by atoms with Crippen LogP contribution in [0.25, 0.3) is 0 Å². The Bertz CT molecular complexity index is 421. The van der Waals surface area contributed by atoms with Crippen molar-refractivity contribution in [1.29, 1.82) is 0 Å². The highest BCUT2D eigenvalue weighted by Crippen LogP contribution is 2.27. The monoisotopic (exact) mass is 240 g/mol. The van der Waals surface area contributed by atoms with E-state index in [1.54, 1.807) is 0 Å². The van der Waals surface area contributed by atoms with Crippen molar-refractivity contribution in [2.75, 3.05) is 6.54 Å². The Balaban J connectivity index is 2.92. The molecule has 0 radical (unpaired) electrons. The third-order valence-electron chi connectivity index (χ3n) is 2.04. The van der Waals surface area contributed by atoms with Crippen molar-refractivity contribution in [1.82, 2.24) is 0 Å². The molecule has 17 heavy (non-hydrogen) atoms. The van der Waals surface area contributed by atoms with Crippen LogP contribution in [0, 0.1) is 10.1 Å². The normalized spacial score (nSPS) is 11.8. The maximum Gasteiger partial charge on any atom is 0.344 e. The molecule has 0 bridgehead atoms. The van der Waals surface area contributed by atoms with Crippen molar-refractivity contribution in [3.63, 3.8) is 0 Å². The van der Waals surface area contributed by atoms with Crippen LogP contribution >= 0.6 is 0 Å². The minimum Gasteiger partial charge on any atom is -0.479 e. The van der Waals surface area contributed by atoms with E-state index in [0.29, 0.717) is 0 Å². The van der Waals surface area contributed by atoms with E-state index in [-0.39, 0.29) is 24.4 Å². The van der Waals surface area contributed by atoms with E-state index in [0.717, 1.165) is 0 Å². The number of nitrogens with zero attached hydrogens (tertiary/aromatic N) is 1. The molecule has 0 amide bonds. The highest BCUT2D eigenvalue weighted by Gasteiger charge is 2.22. The zero-order chi connectivity index (χ0) is 12.8. The molecule has 0 spiro atoms. The predicted molar refractivity (Wildman–Crippen MR) is 58.8 cm³/mol. The molecule has 0 heterocycles. The number of carbonyl (C=O) groups is 1. The number of rotatable bonds is 6. The number of nitro benzene ring substituents is 1. The van der Waals surface area contributed by atoms with Crippen molar-refractivity contribution in [2.24, 2.45) is 5.73 Å². The van der Waals surface area contributed by atoms with Crippen LogP contribution < -0.4 is 10.5 Å². The molecule has 0 aliphatic rings. The number of carboxylic acids is 1. The molecular formula is C10H12N2O5. The van der Waals surface area contributed by atoms with Gasteiger partial charge in [-0.1, -0.05) is 12.1 Å². The zero-order valence-corrected chi connectivity index (χ0v) is 8.91. The van der Waals surface area contributed by atoms with Gasteiger partial charge >= 0.3 is 11.7 Å². The van der Waals surface area contributed by atoms with E-state index in [1.165, 1.54) is 24.3 Å². The lowest BCUT2D eigenvalue weighted by Crippen LogP contribution is -2.29. The SMILES string of the molecule is NCCC(Oc1ccccc1[N+](=O)[O-])C(=O)O. The summed E-state index contributed by atoms with van der Waals surface area (Å²) in [6, 6.07) is 5.61. The smallest absolute Gasteiger partial charge is 0.344 e. The Kier molecular flexibility index (Phi) is 4.41. The maximum atomic E-state index is 10.8. The molecule has 92 valence electrons. The number of aliphatic carboxylic acids is 1. The Morgan fingerprint density at radius 2 is 2.18 bits per heavy atom.